The minimum Gasteiger partial charge on any atom is -0.336 e. The quantitative estimate of drug-likeness (QED) is 0.608. The van der Waals surface area contributed by atoms with E-state index in [-0.39, 0.29) is 12.3 Å². The summed E-state index contributed by atoms with van der Waals surface area (Å²) in [5.41, 5.74) is 0.437. The summed E-state index contributed by atoms with van der Waals surface area (Å²) >= 11 is 5.81. The molecule has 0 unspecified atom stereocenters. The smallest absolute Gasteiger partial charge is 0.312 e. The van der Waals surface area contributed by atoms with Crippen molar-refractivity contribution in [3.05, 3.63) is 34.9 Å². The van der Waals surface area contributed by atoms with Crippen LogP contribution in [0.5, 0.6) is 0 Å². The Bertz CT molecular complexity index is 544. The van der Waals surface area contributed by atoms with E-state index >= 15 is 0 Å². The van der Waals surface area contributed by atoms with E-state index in [1.165, 1.54) is 9.80 Å². The number of ketones is 1. The third-order valence-electron chi connectivity index (χ3n) is 3.00. The number of hydrogen-bond acceptors (Lipinski definition) is 3. The molecule has 0 saturated carbocycles. The van der Waals surface area contributed by atoms with Gasteiger partial charge in [0.25, 0.3) is 0 Å². The zero-order valence-electron chi connectivity index (χ0n) is 10.4. The van der Waals surface area contributed by atoms with Crippen molar-refractivity contribution >= 4 is 29.2 Å². The highest BCUT2D eigenvalue weighted by molar-refractivity contribution is 6.35. The molecule has 0 aliphatic carbocycles. The maximum Gasteiger partial charge on any atom is 0.312 e. The Morgan fingerprint density at radius 3 is 2.68 bits per heavy atom. The maximum atomic E-state index is 12.0. The summed E-state index contributed by atoms with van der Waals surface area (Å²) in [5.74, 6) is -1.44. The number of piperazine rings is 1. The summed E-state index contributed by atoms with van der Waals surface area (Å²) in [5, 5.41) is 0.464. The number of amides is 2. The van der Waals surface area contributed by atoms with E-state index in [1.54, 1.807) is 31.3 Å². The van der Waals surface area contributed by atoms with Crippen LogP contribution in [0.3, 0.4) is 0 Å². The molecule has 5 nitrogen and oxygen atoms in total. The highest BCUT2D eigenvalue weighted by Crippen LogP contribution is 2.12. The predicted molar refractivity (Wildman–Crippen MR) is 70.0 cm³/mol. The molecular weight excluding hydrogens is 268 g/mol. The van der Waals surface area contributed by atoms with Gasteiger partial charge in [-0.05, 0) is 12.1 Å². The van der Waals surface area contributed by atoms with Crippen molar-refractivity contribution in [3.63, 3.8) is 0 Å². The molecular formula is C13H13ClN2O3. The molecule has 1 aromatic rings. The first-order valence-electron chi connectivity index (χ1n) is 5.82. The van der Waals surface area contributed by atoms with Gasteiger partial charge >= 0.3 is 11.8 Å². The SMILES string of the molecule is CN1CCN(CC(=O)c2cccc(Cl)c2)C(=O)C1=O. The molecule has 1 fully saturated rings. The molecule has 1 aliphatic heterocycles. The average molecular weight is 281 g/mol. The number of benzene rings is 1. The number of nitrogens with zero attached hydrogens (tertiary/aromatic N) is 2. The van der Waals surface area contributed by atoms with E-state index in [1.807, 2.05) is 0 Å². The number of halogens is 1. The molecule has 100 valence electrons. The second-order valence-electron chi connectivity index (χ2n) is 4.39. The maximum absolute atomic E-state index is 12.0. The molecule has 6 heteroatoms. The van der Waals surface area contributed by atoms with E-state index in [4.69, 9.17) is 11.6 Å². The van der Waals surface area contributed by atoms with Crippen LogP contribution in [0.15, 0.2) is 24.3 Å². The van der Waals surface area contributed by atoms with Crippen LogP contribution in [0.25, 0.3) is 0 Å². The Labute approximate surface area is 115 Å². The van der Waals surface area contributed by atoms with E-state index in [0.29, 0.717) is 23.7 Å². The highest BCUT2D eigenvalue weighted by Gasteiger charge is 2.31. The van der Waals surface area contributed by atoms with Crippen molar-refractivity contribution in [3.8, 4) is 0 Å². The van der Waals surface area contributed by atoms with Crippen molar-refractivity contribution in [2.24, 2.45) is 0 Å². The van der Waals surface area contributed by atoms with E-state index < -0.39 is 11.8 Å². The predicted octanol–water partition coefficient (Wildman–Crippen LogP) is 0.823. The topological polar surface area (TPSA) is 57.7 Å². The summed E-state index contributed by atoms with van der Waals surface area (Å²) < 4.78 is 0. The fraction of sp³-hybridized carbons (Fsp3) is 0.308. The molecule has 0 bridgehead atoms. The van der Waals surface area contributed by atoms with Crippen LogP contribution < -0.4 is 0 Å². The van der Waals surface area contributed by atoms with Gasteiger partial charge < -0.3 is 9.80 Å². The van der Waals surface area contributed by atoms with Crippen molar-refractivity contribution in [1.29, 1.82) is 0 Å². The third-order valence-corrected chi connectivity index (χ3v) is 3.24. The Hall–Kier alpha value is -1.88. The van der Waals surface area contributed by atoms with E-state index in [2.05, 4.69) is 0 Å². The second-order valence-corrected chi connectivity index (χ2v) is 4.82. The lowest BCUT2D eigenvalue weighted by Crippen LogP contribution is -2.53. The Balaban J connectivity index is 2.07. The van der Waals surface area contributed by atoms with Gasteiger partial charge in [-0.25, -0.2) is 0 Å². The molecule has 0 N–H and O–H groups in total. The van der Waals surface area contributed by atoms with Gasteiger partial charge in [0.2, 0.25) is 0 Å². The van der Waals surface area contributed by atoms with Gasteiger partial charge in [0.15, 0.2) is 5.78 Å². The normalized spacial score (nSPS) is 15.9. The first kappa shape index (κ1) is 13.5. The monoisotopic (exact) mass is 280 g/mol. The molecule has 0 atom stereocenters. The van der Waals surface area contributed by atoms with Crippen LogP contribution in [0.1, 0.15) is 10.4 Å². The Morgan fingerprint density at radius 2 is 2.00 bits per heavy atom. The summed E-state index contributed by atoms with van der Waals surface area (Å²) in [7, 11) is 1.57. The van der Waals surface area contributed by atoms with Gasteiger partial charge in [0, 0.05) is 30.7 Å². The molecule has 2 amide bonds. The largest absolute Gasteiger partial charge is 0.336 e. The van der Waals surface area contributed by atoms with Gasteiger partial charge in [-0.2, -0.15) is 0 Å². The summed E-state index contributed by atoms with van der Waals surface area (Å²) in [6.45, 7) is 0.708. The highest BCUT2D eigenvalue weighted by atomic mass is 35.5. The zero-order chi connectivity index (χ0) is 14.0. The summed E-state index contributed by atoms with van der Waals surface area (Å²) in [6, 6.07) is 6.53. The number of hydrogen-bond donors (Lipinski definition) is 0. The third kappa shape index (κ3) is 2.93. The number of Topliss-reactive ketones (excluding diaryl/α,β-unsaturated/α-hetero) is 1. The fourth-order valence-electron chi connectivity index (χ4n) is 1.85. The van der Waals surface area contributed by atoms with Crippen molar-refractivity contribution in [2.45, 2.75) is 0 Å². The molecule has 2 rings (SSSR count). The average Bonchev–Trinajstić information content (AvgIpc) is 2.39. The molecule has 0 spiro atoms. The molecule has 0 radical (unpaired) electrons. The van der Waals surface area contributed by atoms with E-state index in [0.717, 1.165) is 0 Å². The van der Waals surface area contributed by atoms with Crippen LogP contribution in [0.4, 0.5) is 0 Å². The van der Waals surface area contributed by atoms with Crippen molar-refractivity contribution in [2.75, 3.05) is 26.7 Å². The summed E-state index contributed by atoms with van der Waals surface area (Å²) in [6.07, 6.45) is 0. The van der Waals surface area contributed by atoms with Gasteiger partial charge in [-0.15, -0.1) is 0 Å². The summed E-state index contributed by atoms with van der Waals surface area (Å²) in [4.78, 5) is 37.9. The molecule has 0 aromatic heterocycles. The van der Waals surface area contributed by atoms with Crippen LogP contribution in [0.2, 0.25) is 5.02 Å². The lowest BCUT2D eigenvalue weighted by atomic mass is 10.1. The fourth-order valence-corrected chi connectivity index (χ4v) is 2.04. The number of carbonyl (C=O) groups excluding carboxylic acids is 3. The van der Waals surface area contributed by atoms with Crippen molar-refractivity contribution in [1.82, 2.24) is 9.80 Å². The first-order chi connectivity index (χ1) is 8.99. The Morgan fingerprint density at radius 1 is 1.26 bits per heavy atom. The van der Waals surface area contributed by atoms with Crippen LogP contribution in [-0.4, -0.2) is 54.1 Å². The number of carbonyl (C=O) groups is 3. The first-order valence-corrected chi connectivity index (χ1v) is 6.20. The molecule has 1 aromatic carbocycles. The minimum absolute atomic E-state index is 0.0985. The van der Waals surface area contributed by atoms with Crippen LogP contribution in [-0.2, 0) is 9.59 Å². The molecule has 19 heavy (non-hydrogen) atoms. The lowest BCUT2D eigenvalue weighted by molar-refractivity contribution is -0.154. The zero-order valence-corrected chi connectivity index (χ0v) is 11.2. The van der Waals surface area contributed by atoms with E-state index in [9.17, 15) is 14.4 Å². The second kappa shape index (κ2) is 5.40. The number of rotatable bonds is 3. The molecule has 1 aliphatic rings. The van der Waals surface area contributed by atoms with Crippen LogP contribution in [0, 0.1) is 0 Å². The van der Waals surface area contributed by atoms with Gasteiger partial charge in [-0.1, -0.05) is 23.7 Å². The molecule has 1 saturated heterocycles. The van der Waals surface area contributed by atoms with Gasteiger partial charge in [-0.3, -0.25) is 14.4 Å². The Kier molecular flexibility index (Phi) is 3.85. The standard InChI is InChI=1S/C13H13ClN2O3/c1-15-5-6-16(13(19)12(15)18)8-11(17)9-3-2-4-10(14)7-9/h2-4,7H,5-6,8H2,1H3. The van der Waals surface area contributed by atoms with Crippen molar-refractivity contribution < 1.29 is 14.4 Å². The van der Waals surface area contributed by atoms with Crippen LogP contribution >= 0.6 is 11.6 Å². The molecule has 1 heterocycles. The minimum atomic E-state index is -0.635. The lowest BCUT2D eigenvalue weighted by Gasteiger charge is -2.30. The van der Waals surface area contributed by atoms with Gasteiger partial charge in [0.1, 0.15) is 0 Å². The van der Waals surface area contributed by atoms with Gasteiger partial charge in [0.05, 0.1) is 6.54 Å². The number of likely N-dealkylation sites (N-methyl/N-ethyl adjacent to an activating group) is 1.